The summed E-state index contributed by atoms with van der Waals surface area (Å²) in [5, 5.41) is 8.47. The molecular weight excluding hydrogens is 476 g/mol. The number of thioether (sulfide) groups is 1. The number of benzene rings is 1. The number of fused-ring (bicyclic) bond motifs is 1. The summed E-state index contributed by atoms with van der Waals surface area (Å²) in [4.78, 5) is 52.9. The Bertz CT molecular complexity index is 1200. The van der Waals surface area contributed by atoms with E-state index < -0.39 is 23.7 Å². The molecule has 1 aromatic carbocycles. The van der Waals surface area contributed by atoms with Gasteiger partial charge in [-0.05, 0) is 61.6 Å². The minimum Gasteiger partial charge on any atom is -0.480 e. The van der Waals surface area contributed by atoms with Crippen LogP contribution in [0.4, 0.5) is 10.5 Å². The number of hydrogen-bond acceptors (Lipinski definition) is 5. The Balaban J connectivity index is 1.53. The lowest BCUT2D eigenvalue weighted by Gasteiger charge is -2.27. The normalized spacial score (nSPS) is 23.2. The lowest BCUT2D eigenvalue weighted by atomic mass is 9.89. The molecule has 0 aromatic heterocycles. The third kappa shape index (κ3) is 4.94. The maximum Gasteiger partial charge on any atom is 0.323 e. The molecule has 188 valence electrons. The number of carbonyl (C=O) groups excluding carboxylic acids is 3. The first-order valence-corrected chi connectivity index (χ1v) is 13.7. The molecule has 1 N–H and O–H groups in total. The molecule has 36 heavy (non-hydrogen) atoms. The van der Waals surface area contributed by atoms with E-state index in [9.17, 15) is 19.2 Å². The summed E-state index contributed by atoms with van der Waals surface area (Å²) in [6.45, 7) is -0.150. The van der Waals surface area contributed by atoms with Crippen LogP contribution in [-0.2, 0) is 14.4 Å². The van der Waals surface area contributed by atoms with Crippen LogP contribution in [0.5, 0.6) is 0 Å². The second kappa shape index (κ2) is 10.5. The van der Waals surface area contributed by atoms with Gasteiger partial charge in [0.1, 0.15) is 6.54 Å². The average Bonchev–Trinajstić information content (AvgIpc) is 3.30. The number of carboxylic acids is 1. The molecule has 0 bridgehead atoms. The first-order valence-electron chi connectivity index (χ1n) is 12.9. The van der Waals surface area contributed by atoms with Gasteiger partial charge in [-0.1, -0.05) is 50.4 Å². The van der Waals surface area contributed by atoms with Crippen molar-refractivity contribution in [2.45, 2.75) is 64.2 Å². The van der Waals surface area contributed by atoms with Crippen molar-refractivity contribution in [2.75, 3.05) is 18.0 Å². The molecule has 7 nitrogen and oxygen atoms in total. The van der Waals surface area contributed by atoms with Crippen LogP contribution in [0.25, 0.3) is 5.57 Å². The quantitative estimate of drug-likeness (QED) is 0.454. The summed E-state index contributed by atoms with van der Waals surface area (Å²) in [6, 6.07) is 5.68. The van der Waals surface area contributed by atoms with Crippen LogP contribution in [0.1, 0.15) is 75.3 Å². The molecule has 8 heteroatoms. The predicted octanol–water partition coefficient (Wildman–Crippen LogP) is 5.04. The molecule has 2 aliphatic heterocycles. The summed E-state index contributed by atoms with van der Waals surface area (Å²) < 4.78 is 0. The Morgan fingerprint density at radius 2 is 1.64 bits per heavy atom. The molecular formula is C28H30N2O5S. The molecule has 2 aliphatic carbocycles. The highest BCUT2D eigenvalue weighted by atomic mass is 32.2. The van der Waals surface area contributed by atoms with Gasteiger partial charge in [-0.25, -0.2) is 0 Å². The first kappa shape index (κ1) is 24.6. The maximum atomic E-state index is 13.7. The molecule has 3 fully saturated rings. The Morgan fingerprint density at radius 1 is 0.944 bits per heavy atom. The van der Waals surface area contributed by atoms with Gasteiger partial charge in [-0.3, -0.25) is 24.1 Å². The summed E-state index contributed by atoms with van der Waals surface area (Å²) in [5.74, 6) is 5.13. The summed E-state index contributed by atoms with van der Waals surface area (Å²) >= 11 is 0.649. The lowest BCUT2D eigenvalue weighted by Crippen LogP contribution is -2.34. The van der Waals surface area contributed by atoms with Crippen molar-refractivity contribution in [3.05, 3.63) is 34.2 Å². The molecule has 1 saturated heterocycles. The van der Waals surface area contributed by atoms with Crippen LogP contribution in [0.2, 0.25) is 0 Å². The average molecular weight is 507 g/mol. The zero-order valence-electron chi connectivity index (χ0n) is 20.3. The summed E-state index contributed by atoms with van der Waals surface area (Å²) in [7, 11) is 0. The van der Waals surface area contributed by atoms with Gasteiger partial charge < -0.3 is 10.0 Å². The molecule has 3 amide bonds. The summed E-state index contributed by atoms with van der Waals surface area (Å²) in [6.07, 6.45) is 11.5. The van der Waals surface area contributed by atoms with Gasteiger partial charge in [0.25, 0.3) is 17.1 Å². The van der Waals surface area contributed by atoms with Crippen LogP contribution < -0.4 is 4.90 Å². The highest BCUT2D eigenvalue weighted by Crippen LogP contribution is 2.45. The maximum absolute atomic E-state index is 13.7. The highest BCUT2D eigenvalue weighted by molar-refractivity contribution is 8.18. The molecule has 0 radical (unpaired) electrons. The van der Waals surface area contributed by atoms with Crippen molar-refractivity contribution < 1.29 is 24.3 Å². The standard InChI is InChI=1S/C28H30N2O5S/c31-23(32)17-30-27(34)25(36-28(30)35)24-21-15-19(12-11-18-7-3-1-4-8-18)13-14-22(21)29(26(24)33)16-20-9-5-2-6-10-20/h13-15,18,20H,1-10,16-17H2,(H,31,32)/b25-24-. The van der Waals surface area contributed by atoms with Gasteiger partial charge in [-0.15, -0.1) is 0 Å². The highest BCUT2D eigenvalue weighted by Gasteiger charge is 2.44. The monoisotopic (exact) mass is 506 g/mol. The fourth-order valence-corrected chi connectivity index (χ4v) is 6.62. The minimum absolute atomic E-state index is 0.0102. The molecule has 4 aliphatic rings. The zero-order valence-corrected chi connectivity index (χ0v) is 21.1. The van der Waals surface area contributed by atoms with Gasteiger partial charge in [0, 0.05) is 23.6 Å². The third-order valence-corrected chi connectivity index (χ3v) is 8.55. The van der Waals surface area contributed by atoms with Crippen molar-refractivity contribution in [2.24, 2.45) is 11.8 Å². The lowest BCUT2D eigenvalue weighted by molar-refractivity contribution is -0.140. The van der Waals surface area contributed by atoms with E-state index in [1.807, 2.05) is 18.2 Å². The zero-order chi connectivity index (χ0) is 25.2. The number of nitrogens with zero attached hydrogens (tertiary/aromatic N) is 2. The number of aliphatic carboxylic acids is 1. The SMILES string of the molecule is O=C(O)CN1C(=O)S/C(=C2\C(=O)N(CC3CCCCC3)c3ccc(C#CC4CCCCC4)cc32)C1=O. The number of amides is 3. The van der Waals surface area contributed by atoms with E-state index in [1.54, 1.807) is 4.90 Å². The number of hydrogen-bond donors (Lipinski definition) is 1. The number of imide groups is 1. The Labute approximate surface area is 215 Å². The van der Waals surface area contributed by atoms with Crippen molar-refractivity contribution in [3.63, 3.8) is 0 Å². The van der Waals surface area contributed by atoms with Crippen LogP contribution >= 0.6 is 11.8 Å². The third-order valence-electron chi connectivity index (χ3n) is 7.58. The Hall–Kier alpha value is -3.05. The Morgan fingerprint density at radius 3 is 2.33 bits per heavy atom. The number of rotatable bonds is 4. The fourth-order valence-electron chi connectivity index (χ4n) is 5.69. The van der Waals surface area contributed by atoms with E-state index in [4.69, 9.17) is 5.11 Å². The van der Waals surface area contributed by atoms with Crippen molar-refractivity contribution in [3.8, 4) is 11.8 Å². The molecule has 2 saturated carbocycles. The smallest absolute Gasteiger partial charge is 0.323 e. The van der Waals surface area contributed by atoms with Crippen LogP contribution in [0.3, 0.4) is 0 Å². The van der Waals surface area contributed by atoms with E-state index in [2.05, 4.69) is 11.8 Å². The van der Waals surface area contributed by atoms with Gasteiger partial charge in [-0.2, -0.15) is 0 Å². The molecule has 5 rings (SSSR count). The topological polar surface area (TPSA) is 95.0 Å². The number of carboxylic acid groups (broad SMARTS) is 1. The summed E-state index contributed by atoms with van der Waals surface area (Å²) in [5.41, 5.74) is 2.30. The van der Waals surface area contributed by atoms with E-state index >= 15 is 0 Å². The van der Waals surface area contributed by atoms with Crippen molar-refractivity contribution in [1.82, 2.24) is 4.90 Å². The number of carbonyl (C=O) groups is 4. The van der Waals surface area contributed by atoms with Crippen molar-refractivity contribution >= 4 is 46.0 Å². The van der Waals surface area contributed by atoms with Gasteiger partial charge in [0.15, 0.2) is 0 Å². The Kier molecular flexibility index (Phi) is 7.20. The number of anilines is 1. The van der Waals surface area contributed by atoms with Crippen molar-refractivity contribution in [1.29, 1.82) is 0 Å². The molecule has 1 aromatic rings. The largest absolute Gasteiger partial charge is 0.480 e. The van der Waals surface area contributed by atoms with E-state index in [0.717, 1.165) is 49.8 Å². The molecule has 0 spiro atoms. The van der Waals surface area contributed by atoms with Crippen LogP contribution in [0.15, 0.2) is 23.1 Å². The van der Waals surface area contributed by atoms with E-state index in [-0.39, 0.29) is 16.4 Å². The minimum atomic E-state index is -1.28. The predicted molar refractivity (Wildman–Crippen MR) is 138 cm³/mol. The second-order valence-electron chi connectivity index (χ2n) is 10.1. The van der Waals surface area contributed by atoms with E-state index in [1.165, 1.54) is 25.7 Å². The van der Waals surface area contributed by atoms with Gasteiger partial charge in [0.05, 0.1) is 16.2 Å². The molecule has 0 atom stereocenters. The van der Waals surface area contributed by atoms with Gasteiger partial charge >= 0.3 is 5.97 Å². The van der Waals surface area contributed by atoms with Crippen LogP contribution in [-0.4, -0.2) is 46.1 Å². The van der Waals surface area contributed by atoms with Gasteiger partial charge in [0.2, 0.25) is 0 Å². The van der Waals surface area contributed by atoms with E-state index in [0.29, 0.717) is 40.6 Å². The molecule has 2 heterocycles. The van der Waals surface area contributed by atoms with Crippen LogP contribution in [0, 0.1) is 23.7 Å². The fraction of sp³-hybridized carbons (Fsp3) is 0.500. The molecule has 0 unspecified atom stereocenters. The second-order valence-corrected chi connectivity index (χ2v) is 11.1. The first-order chi connectivity index (χ1) is 17.4.